The third-order valence-corrected chi connectivity index (χ3v) is 4.66. The maximum Gasteiger partial charge on any atom is 0.0897 e. The van der Waals surface area contributed by atoms with E-state index in [9.17, 15) is 5.11 Å². The molecule has 0 aromatic carbocycles. The summed E-state index contributed by atoms with van der Waals surface area (Å²) >= 11 is 0. The van der Waals surface area contributed by atoms with Gasteiger partial charge in [0, 0.05) is 25.7 Å². The number of hydrogen-bond acceptors (Lipinski definition) is 4. The number of rotatable bonds is 6. The second-order valence-electron chi connectivity index (χ2n) is 6.13. The van der Waals surface area contributed by atoms with Gasteiger partial charge in [0.05, 0.1) is 12.7 Å². The molecule has 2 aliphatic rings. The van der Waals surface area contributed by atoms with Gasteiger partial charge in [0.2, 0.25) is 0 Å². The van der Waals surface area contributed by atoms with Crippen LogP contribution in [0.15, 0.2) is 0 Å². The molecule has 112 valence electrons. The van der Waals surface area contributed by atoms with Crippen LogP contribution in [0.1, 0.15) is 44.9 Å². The van der Waals surface area contributed by atoms with E-state index in [1.54, 1.807) is 7.11 Å². The van der Waals surface area contributed by atoms with Gasteiger partial charge in [-0.05, 0) is 38.1 Å². The summed E-state index contributed by atoms with van der Waals surface area (Å²) in [5, 5.41) is 17.1. The summed E-state index contributed by atoms with van der Waals surface area (Å²) in [6, 6.07) is 1.25. The van der Waals surface area contributed by atoms with Crippen molar-refractivity contribution >= 4 is 0 Å². The van der Waals surface area contributed by atoms with Gasteiger partial charge in [-0.3, -0.25) is 0 Å². The van der Waals surface area contributed by atoms with Gasteiger partial charge in [-0.2, -0.15) is 0 Å². The lowest BCUT2D eigenvalue weighted by Gasteiger charge is -2.40. The molecule has 1 aliphatic carbocycles. The summed E-state index contributed by atoms with van der Waals surface area (Å²) in [5.41, 5.74) is 0. The monoisotopic (exact) mass is 270 g/mol. The lowest BCUT2D eigenvalue weighted by Crippen LogP contribution is -2.51. The lowest BCUT2D eigenvalue weighted by molar-refractivity contribution is 0.0576. The molecule has 0 amide bonds. The van der Waals surface area contributed by atoms with Gasteiger partial charge >= 0.3 is 0 Å². The van der Waals surface area contributed by atoms with Crippen LogP contribution in [0.5, 0.6) is 0 Å². The highest BCUT2D eigenvalue weighted by Crippen LogP contribution is 2.30. The van der Waals surface area contributed by atoms with Crippen LogP contribution in [0.3, 0.4) is 0 Å². The minimum atomic E-state index is -0.383. The van der Waals surface area contributed by atoms with E-state index in [4.69, 9.17) is 4.74 Å². The topological polar surface area (TPSA) is 53.5 Å². The Kier molecular flexibility index (Phi) is 6.57. The molecule has 0 aromatic heterocycles. The molecule has 1 saturated carbocycles. The van der Waals surface area contributed by atoms with Crippen LogP contribution < -0.4 is 10.6 Å². The molecule has 19 heavy (non-hydrogen) atoms. The van der Waals surface area contributed by atoms with Crippen molar-refractivity contribution in [3.8, 4) is 0 Å². The molecule has 4 heteroatoms. The predicted octanol–water partition coefficient (Wildman–Crippen LogP) is 1.28. The van der Waals surface area contributed by atoms with Crippen LogP contribution in [0, 0.1) is 5.92 Å². The van der Waals surface area contributed by atoms with Crippen molar-refractivity contribution in [3.63, 3.8) is 0 Å². The van der Waals surface area contributed by atoms with Gasteiger partial charge in [-0.15, -0.1) is 0 Å². The molecule has 2 rings (SSSR count). The number of methoxy groups -OCH3 is 1. The molecule has 1 aliphatic heterocycles. The molecule has 2 fully saturated rings. The van der Waals surface area contributed by atoms with Crippen LogP contribution >= 0.6 is 0 Å². The van der Waals surface area contributed by atoms with Crippen LogP contribution in [0.2, 0.25) is 0 Å². The standard InChI is InChI=1S/C15H30N2O2/c1-19-11-12(18)10-17-15-7-3-2-6-13(15)14-8-4-5-9-16-14/h12-18H,2-11H2,1H3. The number of aliphatic hydroxyl groups is 1. The normalized spacial score (nSPS) is 34.1. The maximum atomic E-state index is 9.77. The van der Waals surface area contributed by atoms with E-state index in [0.29, 0.717) is 25.2 Å². The summed E-state index contributed by atoms with van der Waals surface area (Å²) in [4.78, 5) is 0. The van der Waals surface area contributed by atoms with E-state index in [0.717, 1.165) is 5.92 Å². The third kappa shape index (κ3) is 4.71. The molecule has 4 unspecified atom stereocenters. The highest BCUT2D eigenvalue weighted by molar-refractivity contribution is 4.90. The molecule has 4 atom stereocenters. The average molecular weight is 270 g/mol. The van der Waals surface area contributed by atoms with E-state index in [1.165, 1.54) is 51.5 Å². The number of hydrogen-bond donors (Lipinski definition) is 3. The SMILES string of the molecule is COCC(O)CNC1CCCCC1C1CCCCN1. The number of piperidine rings is 1. The van der Waals surface area contributed by atoms with Crippen molar-refractivity contribution in [3.05, 3.63) is 0 Å². The lowest BCUT2D eigenvalue weighted by atomic mass is 9.77. The highest BCUT2D eigenvalue weighted by atomic mass is 16.5. The second-order valence-corrected chi connectivity index (χ2v) is 6.13. The minimum absolute atomic E-state index is 0.383. The van der Waals surface area contributed by atoms with Crippen LogP contribution in [0.25, 0.3) is 0 Å². The van der Waals surface area contributed by atoms with Crippen LogP contribution in [0.4, 0.5) is 0 Å². The van der Waals surface area contributed by atoms with E-state index in [1.807, 2.05) is 0 Å². The Bertz CT molecular complexity index is 244. The van der Waals surface area contributed by atoms with Crippen molar-refractivity contribution in [1.29, 1.82) is 0 Å². The number of ether oxygens (including phenoxy) is 1. The molecule has 0 bridgehead atoms. The zero-order valence-corrected chi connectivity index (χ0v) is 12.2. The quantitative estimate of drug-likeness (QED) is 0.681. The molecular formula is C15H30N2O2. The van der Waals surface area contributed by atoms with E-state index in [-0.39, 0.29) is 6.10 Å². The number of aliphatic hydroxyl groups excluding tert-OH is 1. The molecule has 0 radical (unpaired) electrons. The zero-order chi connectivity index (χ0) is 13.5. The van der Waals surface area contributed by atoms with Gasteiger partial charge in [0.1, 0.15) is 0 Å². The van der Waals surface area contributed by atoms with Gasteiger partial charge in [-0.25, -0.2) is 0 Å². The van der Waals surface area contributed by atoms with Crippen molar-refractivity contribution < 1.29 is 9.84 Å². The highest BCUT2D eigenvalue weighted by Gasteiger charge is 2.32. The first-order chi connectivity index (χ1) is 9.31. The first-order valence-corrected chi connectivity index (χ1v) is 7.95. The Balaban J connectivity index is 1.81. The Morgan fingerprint density at radius 2 is 2.00 bits per heavy atom. The van der Waals surface area contributed by atoms with Gasteiger partial charge < -0.3 is 20.5 Å². The third-order valence-electron chi connectivity index (χ3n) is 4.66. The molecule has 3 N–H and O–H groups in total. The first kappa shape index (κ1) is 15.2. The van der Waals surface area contributed by atoms with Crippen molar-refractivity contribution in [1.82, 2.24) is 10.6 Å². The van der Waals surface area contributed by atoms with Crippen LogP contribution in [-0.2, 0) is 4.74 Å². The van der Waals surface area contributed by atoms with Gasteiger partial charge in [-0.1, -0.05) is 19.3 Å². The van der Waals surface area contributed by atoms with Gasteiger partial charge in [0.25, 0.3) is 0 Å². The largest absolute Gasteiger partial charge is 0.389 e. The van der Waals surface area contributed by atoms with E-state index < -0.39 is 0 Å². The average Bonchev–Trinajstić information content (AvgIpc) is 2.47. The molecule has 0 spiro atoms. The summed E-state index contributed by atoms with van der Waals surface area (Å²) in [6.07, 6.45) is 8.90. The van der Waals surface area contributed by atoms with Crippen molar-refractivity contribution in [2.75, 3.05) is 26.8 Å². The predicted molar refractivity (Wildman–Crippen MR) is 77.3 cm³/mol. The molecule has 1 saturated heterocycles. The van der Waals surface area contributed by atoms with E-state index >= 15 is 0 Å². The summed E-state index contributed by atoms with van der Waals surface area (Å²) in [5.74, 6) is 0.740. The molecule has 4 nitrogen and oxygen atoms in total. The smallest absolute Gasteiger partial charge is 0.0897 e. The summed E-state index contributed by atoms with van der Waals surface area (Å²) in [6.45, 7) is 2.26. The van der Waals surface area contributed by atoms with Gasteiger partial charge in [0.15, 0.2) is 0 Å². The fourth-order valence-electron chi connectivity index (χ4n) is 3.68. The molecule has 1 heterocycles. The fourth-order valence-corrected chi connectivity index (χ4v) is 3.68. The van der Waals surface area contributed by atoms with Crippen molar-refractivity contribution in [2.45, 2.75) is 63.1 Å². The minimum Gasteiger partial charge on any atom is -0.389 e. The first-order valence-electron chi connectivity index (χ1n) is 7.95. The summed E-state index contributed by atoms with van der Waals surface area (Å²) < 4.78 is 4.98. The Morgan fingerprint density at radius 3 is 2.74 bits per heavy atom. The van der Waals surface area contributed by atoms with E-state index in [2.05, 4.69) is 10.6 Å². The Morgan fingerprint density at radius 1 is 1.21 bits per heavy atom. The fraction of sp³-hybridized carbons (Fsp3) is 1.00. The zero-order valence-electron chi connectivity index (χ0n) is 12.2. The van der Waals surface area contributed by atoms with Crippen molar-refractivity contribution in [2.24, 2.45) is 5.92 Å². The van der Waals surface area contributed by atoms with Crippen LogP contribution in [-0.4, -0.2) is 50.1 Å². The Hall–Kier alpha value is -0.160. The summed E-state index contributed by atoms with van der Waals surface area (Å²) in [7, 11) is 1.64. The second kappa shape index (κ2) is 8.20. The molecular weight excluding hydrogens is 240 g/mol. The molecule has 0 aromatic rings. The maximum absolute atomic E-state index is 9.77. The Labute approximate surface area is 117 Å². The number of nitrogens with one attached hydrogen (secondary N) is 2.